The van der Waals surface area contributed by atoms with Gasteiger partial charge >= 0.3 is 0 Å². The van der Waals surface area contributed by atoms with Crippen molar-refractivity contribution in [3.8, 4) is 5.75 Å². The summed E-state index contributed by atoms with van der Waals surface area (Å²) in [5, 5.41) is 0. The molecule has 0 radical (unpaired) electrons. The van der Waals surface area contributed by atoms with Crippen LogP contribution < -0.4 is 4.74 Å². The minimum absolute atomic E-state index is 0.116. The molecule has 0 fully saturated rings. The first-order valence-electron chi connectivity index (χ1n) is 3.85. The van der Waals surface area contributed by atoms with Crippen LogP contribution in [0, 0.1) is 6.92 Å². The van der Waals surface area contributed by atoms with Gasteiger partial charge in [0.2, 0.25) is 0 Å². The second kappa shape index (κ2) is 4.39. The van der Waals surface area contributed by atoms with Crippen molar-refractivity contribution in [2.45, 2.75) is 12.7 Å². The summed E-state index contributed by atoms with van der Waals surface area (Å²) in [6.45, 7) is 1.91. The summed E-state index contributed by atoms with van der Waals surface area (Å²) in [6, 6.07) is 5.54. The number of methoxy groups -OCH3 is 1. The van der Waals surface area contributed by atoms with Gasteiger partial charge < -0.3 is 9.29 Å². The SMILES string of the molecule is COc1c(C)cccc1CS(=O)O. The molecule has 1 atom stereocenters. The van der Waals surface area contributed by atoms with Crippen molar-refractivity contribution >= 4 is 11.1 Å². The van der Waals surface area contributed by atoms with E-state index in [2.05, 4.69) is 0 Å². The van der Waals surface area contributed by atoms with E-state index in [0.717, 1.165) is 11.1 Å². The maximum absolute atomic E-state index is 10.6. The van der Waals surface area contributed by atoms with Crippen molar-refractivity contribution in [2.75, 3.05) is 7.11 Å². The van der Waals surface area contributed by atoms with Crippen molar-refractivity contribution < 1.29 is 13.5 Å². The number of ether oxygens (including phenoxy) is 1. The Morgan fingerprint density at radius 3 is 2.77 bits per heavy atom. The Labute approximate surface area is 80.0 Å². The zero-order chi connectivity index (χ0) is 9.84. The van der Waals surface area contributed by atoms with E-state index in [-0.39, 0.29) is 5.75 Å². The van der Waals surface area contributed by atoms with Crippen molar-refractivity contribution in [1.82, 2.24) is 0 Å². The van der Waals surface area contributed by atoms with Crippen molar-refractivity contribution in [3.63, 3.8) is 0 Å². The zero-order valence-corrected chi connectivity index (χ0v) is 8.43. The molecule has 0 saturated carbocycles. The van der Waals surface area contributed by atoms with E-state index in [1.54, 1.807) is 13.2 Å². The fraction of sp³-hybridized carbons (Fsp3) is 0.333. The van der Waals surface area contributed by atoms with Crippen molar-refractivity contribution in [2.24, 2.45) is 0 Å². The fourth-order valence-electron chi connectivity index (χ4n) is 1.25. The average molecular weight is 200 g/mol. The lowest BCUT2D eigenvalue weighted by molar-refractivity contribution is 0.407. The third kappa shape index (κ3) is 2.54. The molecule has 0 amide bonds. The van der Waals surface area contributed by atoms with Crippen LogP contribution in [-0.2, 0) is 16.8 Å². The molecule has 0 heterocycles. The molecule has 1 aromatic rings. The topological polar surface area (TPSA) is 46.5 Å². The second-order valence-electron chi connectivity index (χ2n) is 2.73. The number of benzene rings is 1. The Kier molecular flexibility index (Phi) is 3.45. The van der Waals surface area contributed by atoms with Gasteiger partial charge in [-0.05, 0) is 12.5 Å². The Hall–Kier alpha value is -0.870. The van der Waals surface area contributed by atoms with Gasteiger partial charge in [-0.15, -0.1) is 0 Å². The first-order valence-corrected chi connectivity index (χ1v) is 5.12. The fourth-order valence-corrected chi connectivity index (χ4v) is 1.75. The number of hydrogen-bond donors (Lipinski definition) is 1. The van der Waals surface area contributed by atoms with Crippen molar-refractivity contribution in [3.05, 3.63) is 29.3 Å². The molecule has 1 N–H and O–H groups in total. The van der Waals surface area contributed by atoms with E-state index >= 15 is 0 Å². The second-order valence-corrected chi connectivity index (χ2v) is 3.66. The quantitative estimate of drug-likeness (QED) is 0.756. The lowest BCUT2D eigenvalue weighted by Gasteiger charge is -2.08. The van der Waals surface area contributed by atoms with Crippen LogP contribution in [0.5, 0.6) is 5.75 Å². The molecule has 0 aliphatic carbocycles. The summed E-state index contributed by atoms with van der Waals surface area (Å²) in [7, 11) is 1.56. The maximum atomic E-state index is 10.6. The van der Waals surface area contributed by atoms with Gasteiger partial charge in [0, 0.05) is 5.56 Å². The molecule has 1 aromatic carbocycles. The first-order chi connectivity index (χ1) is 6.15. The molecule has 4 heteroatoms. The lowest BCUT2D eigenvalue weighted by Crippen LogP contribution is -1.98. The van der Waals surface area contributed by atoms with E-state index in [0.29, 0.717) is 5.75 Å². The van der Waals surface area contributed by atoms with Gasteiger partial charge in [-0.25, -0.2) is 4.21 Å². The van der Waals surface area contributed by atoms with Crippen LogP contribution in [0.15, 0.2) is 18.2 Å². The van der Waals surface area contributed by atoms with Crippen LogP contribution in [0.25, 0.3) is 0 Å². The molecule has 0 aliphatic rings. The molecule has 1 rings (SSSR count). The molecule has 0 aliphatic heterocycles. The molecule has 0 spiro atoms. The van der Waals surface area contributed by atoms with E-state index in [9.17, 15) is 4.21 Å². The molecule has 0 aromatic heterocycles. The zero-order valence-electron chi connectivity index (χ0n) is 7.61. The molecule has 72 valence electrons. The summed E-state index contributed by atoms with van der Waals surface area (Å²) in [5.41, 5.74) is 1.74. The highest BCUT2D eigenvalue weighted by atomic mass is 32.2. The Morgan fingerprint density at radius 2 is 2.23 bits per heavy atom. The molecular weight excluding hydrogens is 188 g/mol. The predicted octanol–water partition coefficient (Wildman–Crippen LogP) is 1.73. The normalized spacial score (nSPS) is 12.5. The summed E-state index contributed by atoms with van der Waals surface area (Å²) in [6.07, 6.45) is 0. The number of para-hydroxylation sites is 1. The van der Waals surface area contributed by atoms with Crippen LogP contribution in [-0.4, -0.2) is 15.9 Å². The lowest BCUT2D eigenvalue weighted by atomic mass is 10.1. The van der Waals surface area contributed by atoms with Crippen LogP contribution in [0.3, 0.4) is 0 Å². The Bertz CT molecular complexity index is 323. The Balaban J connectivity index is 3.05. The molecular formula is C9H12O3S. The summed E-state index contributed by atoms with van der Waals surface area (Å²) in [5.74, 6) is 0.815. The van der Waals surface area contributed by atoms with Gasteiger partial charge in [-0.3, -0.25) is 0 Å². The minimum Gasteiger partial charge on any atom is -0.496 e. The van der Waals surface area contributed by atoms with Crippen LogP contribution in [0.4, 0.5) is 0 Å². The molecule has 1 unspecified atom stereocenters. The van der Waals surface area contributed by atoms with E-state index in [4.69, 9.17) is 9.29 Å². The van der Waals surface area contributed by atoms with E-state index in [1.807, 2.05) is 19.1 Å². The van der Waals surface area contributed by atoms with E-state index < -0.39 is 11.1 Å². The average Bonchev–Trinajstić information content (AvgIpc) is 2.03. The molecule has 13 heavy (non-hydrogen) atoms. The number of hydrogen-bond acceptors (Lipinski definition) is 2. The molecule has 0 saturated heterocycles. The standard InChI is InChI=1S/C9H12O3S/c1-7-4-3-5-8(6-13(10)11)9(7)12-2/h3-5H,6H2,1-2H3,(H,10,11). The van der Waals surface area contributed by atoms with Gasteiger partial charge in [0.15, 0.2) is 11.1 Å². The summed E-state index contributed by atoms with van der Waals surface area (Å²) < 4.78 is 24.5. The Morgan fingerprint density at radius 1 is 1.54 bits per heavy atom. The monoisotopic (exact) mass is 200 g/mol. The smallest absolute Gasteiger partial charge is 0.157 e. The van der Waals surface area contributed by atoms with Crippen LogP contribution >= 0.6 is 0 Å². The van der Waals surface area contributed by atoms with Gasteiger partial charge in [-0.1, -0.05) is 18.2 Å². The highest BCUT2D eigenvalue weighted by molar-refractivity contribution is 7.78. The first kappa shape index (κ1) is 10.2. The van der Waals surface area contributed by atoms with Crippen molar-refractivity contribution in [1.29, 1.82) is 0 Å². The molecule has 3 nitrogen and oxygen atoms in total. The predicted molar refractivity (Wildman–Crippen MR) is 52.2 cm³/mol. The van der Waals surface area contributed by atoms with Crippen LogP contribution in [0.1, 0.15) is 11.1 Å². The minimum atomic E-state index is -1.82. The largest absolute Gasteiger partial charge is 0.496 e. The highest BCUT2D eigenvalue weighted by Crippen LogP contribution is 2.23. The summed E-state index contributed by atoms with van der Waals surface area (Å²) in [4.78, 5) is 0. The highest BCUT2D eigenvalue weighted by Gasteiger charge is 2.07. The third-order valence-electron chi connectivity index (χ3n) is 1.78. The summed E-state index contributed by atoms with van der Waals surface area (Å²) >= 11 is -1.82. The van der Waals surface area contributed by atoms with Gasteiger partial charge in [-0.2, -0.15) is 0 Å². The van der Waals surface area contributed by atoms with Gasteiger partial charge in [0.1, 0.15) is 5.75 Å². The molecule has 0 bridgehead atoms. The van der Waals surface area contributed by atoms with Gasteiger partial charge in [0.05, 0.1) is 12.9 Å². The van der Waals surface area contributed by atoms with Gasteiger partial charge in [0.25, 0.3) is 0 Å². The maximum Gasteiger partial charge on any atom is 0.157 e. The third-order valence-corrected chi connectivity index (χ3v) is 2.33. The number of aryl methyl sites for hydroxylation is 1. The van der Waals surface area contributed by atoms with Crippen LogP contribution in [0.2, 0.25) is 0 Å². The number of rotatable bonds is 3. The van der Waals surface area contributed by atoms with E-state index in [1.165, 1.54) is 0 Å².